The number of hydrogen-bond donors (Lipinski definition) is 4. The Hall–Kier alpha value is -6.64. The number of aromatic amines is 2. The molecule has 2 unspecified atom stereocenters. The molecule has 6 aromatic rings. The number of aromatic nitrogens is 2. The van der Waals surface area contributed by atoms with Crippen molar-refractivity contribution in [2.75, 3.05) is 68.6 Å². The first kappa shape index (κ1) is 44.9. The first-order valence-corrected chi connectivity index (χ1v) is 20.6. The Labute approximate surface area is 361 Å². The number of nitrogens with zero attached hydrogens (tertiary/aromatic N) is 2. The molecule has 0 aliphatic rings. The Bertz CT molecular complexity index is 2280. The van der Waals surface area contributed by atoms with Gasteiger partial charge in [-0.05, 0) is 125 Å². The van der Waals surface area contributed by atoms with E-state index in [0.29, 0.717) is 35.5 Å². The Morgan fingerprint density at radius 2 is 0.935 bits per heavy atom. The van der Waals surface area contributed by atoms with Crippen molar-refractivity contribution >= 4 is 45.6 Å². The summed E-state index contributed by atoms with van der Waals surface area (Å²) in [6.07, 6.45) is 3.81. The van der Waals surface area contributed by atoms with E-state index < -0.39 is 36.0 Å². The van der Waals surface area contributed by atoms with Crippen LogP contribution in [0.25, 0.3) is 21.8 Å². The lowest BCUT2D eigenvalue weighted by Crippen LogP contribution is -2.37. The lowest BCUT2D eigenvalue weighted by molar-refractivity contribution is -0.177. The number of ether oxygens (including phenoxy) is 4. The molecule has 4 aromatic carbocycles. The molecule has 4 N–H and O–H groups in total. The van der Waals surface area contributed by atoms with Crippen molar-refractivity contribution in [2.24, 2.45) is 0 Å². The van der Waals surface area contributed by atoms with Gasteiger partial charge in [0.2, 0.25) is 12.2 Å². The molecular weight excluding hydrogens is 789 g/mol. The second kappa shape index (κ2) is 21.2. The van der Waals surface area contributed by atoms with Crippen LogP contribution >= 0.6 is 0 Å². The van der Waals surface area contributed by atoms with Gasteiger partial charge in [-0.2, -0.15) is 0 Å². The minimum atomic E-state index is -1.51. The number of likely N-dealkylation sites (N-methyl/N-ethyl adjacent to an activating group) is 2. The van der Waals surface area contributed by atoms with Gasteiger partial charge >= 0.3 is 11.9 Å². The largest absolute Gasteiger partial charge is 0.497 e. The van der Waals surface area contributed by atoms with Gasteiger partial charge in [-0.1, -0.05) is 36.4 Å². The number of carbonyl (C=O) groups is 4. The van der Waals surface area contributed by atoms with Crippen LogP contribution in [-0.4, -0.2) is 112 Å². The van der Waals surface area contributed by atoms with Crippen LogP contribution in [0.1, 0.15) is 45.6 Å². The topological polar surface area (TPSA) is 167 Å². The maximum absolute atomic E-state index is 13.7. The molecule has 14 nitrogen and oxygen atoms in total. The lowest BCUT2D eigenvalue weighted by atomic mass is 10.0. The highest BCUT2D eigenvalue weighted by molar-refractivity contribution is 6.30. The average Bonchev–Trinajstić information content (AvgIpc) is 3.88. The number of rotatable bonds is 20. The van der Waals surface area contributed by atoms with Crippen LogP contribution in [0.2, 0.25) is 0 Å². The summed E-state index contributed by atoms with van der Waals surface area (Å²) in [5.74, 6) is -3.13. The number of fused-ring (bicyclic) bond motifs is 2. The Morgan fingerprint density at radius 1 is 0.548 bits per heavy atom. The molecule has 6 rings (SSSR count). The number of carbonyl (C=O) groups excluding carboxylic acids is 4. The molecular formula is C48H56N6O8. The summed E-state index contributed by atoms with van der Waals surface area (Å²) < 4.78 is 21.7. The third-order valence-electron chi connectivity index (χ3n) is 10.7. The van der Waals surface area contributed by atoms with Crippen molar-refractivity contribution < 1.29 is 38.1 Å². The van der Waals surface area contributed by atoms with E-state index in [9.17, 15) is 19.2 Å². The summed E-state index contributed by atoms with van der Waals surface area (Å²) in [6.45, 7) is 2.28. The van der Waals surface area contributed by atoms with E-state index in [2.05, 4.69) is 42.5 Å². The van der Waals surface area contributed by atoms with E-state index in [0.717, 1.165) is 58.9 Å². The normalized spacial score (nSPS) is 12.3. The summed E-state index contributed by atoms with van der Waals surface area (Å²) in [6, 6.07) is 25.0. The fourth-order valence-electron chi connectivity index (χ4n) is 7.12. The SMILES string of the molecule is COc1ccc(C(OC(=O)C(=O)OC(C(=O)NCCc2ccc3[nH]cc(CCN(C)C)c3c2)c2ccc(OC)cc2)C(=O)NCCc2ccc3[nH]cc(CCN(C)C)c3c2)cc1. The molecule has 0 spiro atoms. The van der Waals surface area contributed by atoms with Gasteiger partial charge in [0.25, 0.3) is 11.8 Å². The molecule has 2 heterocycles. The third kappa shape index (κ3) is 11.8. The molecule has 326 valence electrons. The van der Waals surface area contributed by atoms with Crippen LogP contribution in [0.15, 0.2) is 97.3 Å². The second-order valence-corrected chi connectivity index (χ2v) is 15.7. The highest BCUT2D eigenvalue weighted by atomic mass is 16.6. The van der Waals surface area contributed by atoms with Crippen molar-refractivity contribution in [1.29, 1.82) is 0 Å². The van der Waals surface area contributed by atoms with E-state index in [1.807, 2.05) is 64.8 Å². The molecule has 14 heteroatoms. The standard InChI is InChI=1S/C48H56N6O8/c1-53(2)25-21-35-29-51-41-17-7-31(27-39(35)41)19-23-49-45(55)43(33-9-13-37(59-5)14-10-33)61-47(57)48(58)62-44(34-11-15-38(60-6)16-12-34)46(56)50-24-20-32-8-18-42-40(28-32)36(30-52-42)22-26-54(3)4/h7-18,27-30,43-44,51-52H,19-26H2,1-6H3,(H,49,55)(H,50,56). The first-order valence-electron chi connectivity index (χ1n) is 20.6. The van der Waals surface area contributed by atoms with Crippen molar-refractivity contribution in [2.45, 2.75) is 37.9 Å². The van der Waals surface area contributed by atoms with Gasteiger partial charge in [0.1, 0.15) is 11.5 Å². The van der Waals surface area contributed by atoms with E-state index in [4.69, 9.17) is 18.9 Å². The van der Waals surface area contributed by atoms with Crippen LogP contribution in [0, 0.1) is 0 Å². The number of methoxy groups -OCH3 is 2. The molecule has 2 amide bonds. The van der Waals surface area contributed by atoms with Crippen molar-refractivity contribution in [3.63, 3.8) is 0 Å². The van der Waals surface area contributed by atoms with Gasteiger partial charge in [-0.25, -0.2) is 9.59 Å². The Kier molecular flexibility index (Phi) is 15.4. The molecule has 2 atom stereocenters. The maximum atomic E-state index is 13.7. The molecule has 2 aromatic heterocycles. The number of benzene rings is 4. The molecule has 0 fully saturated rings. The minimum Gasteiger partial charge on any atom is -0.497 e. The Balaban J connectivity index is 1.12. The molecule has 0 radical (unpaired) electrons. The number of esters is 2. The number of amides is 2. The van der Waals surface area contributed by atoms with Crippen molar-refractivity contribution in [3.8, 4) is 11.5 Å². The van der Waals surface area contributed by atoms with Crippen LogP contribution in [-0.2, 0) is 54.3 Å². The molecule has 0 aliphatic carbocycles. The van der Waals surface area contributed by atoms with Gasteiger partial charge in [0.15, 0.2) is 0 Å². The fourth-order valence-corrected chi connectivity index (χ4v) is 7.12. The van der Waals surface area contributed by atoms with Gasteiger partial charge < -0.3 is 49.3 Å². The van der Waals surface area contributed by atoms with Crippen LogP contribution < -0.4 is 20.1 Å². The Morgan fingerprint density at radius 3 is 1.29 bits per heavy atom. The van der Waals surface area contributed by atoms with E-state index in [1.54, 1.807) is 48.5 Å². The average molecular weight is 845 g/mol. The summed E-state index contributed by atoms with van der Waals surface area (Å²) >= 11 is 0. The number of hydrogen-bond acceptors (Lipinski definition) is 10. The van der Waals surface area contributed by atoms with Crippen molar-refractivity contribution in [1.82, 2.24) is 30.4 Å². The zero-order valence-electron chi connectivity index (χ0n) is 36.2. The summed E-state index contributed by atoms with van der Waals surface area (Å²) in [4.78, 5) is 65.4. The highest BCUT2D eigenvalue weighted by Gasteiger charge is 2.33. The number of nitrogens with one attached hydrogen (secondary N) is 4. The summed E-state index contributed by atoms with van der Waals surface area (Å²) in [5.41, 5.74) is 7.12. The van der Waals surface area contributed by atoms with Crippen molar-refractivity contribution in [3.05, 3.63) is 131 Å². The molecule has 0 saturated heterocycles. The zero-order chi connectivity index (χ0) is 44.2. The number of H-pyrrole nitrogens is 2. The van der Waals surface area contributed by atoms with E-state index >= 15 is 0 Å². The zero-order valence-corrected chi connectivity index (χ0v) is 36.2. The predicted octanol–water partition coefficient (Wildman–Crippen LogP) is 5.46. The molecule has 62 heavy (non-hydrogen) atoms. The van der Waals surface area contributed by atoms with E-state index in [1.165, 1.54) is 25.3 Å². The molecule has 0 bridgehead atoms. The highest BCUT2D eigenvalue weighted by Crippen LogP contribution is 2.26. The summed E-state index contributed by atoms with van der Waals surface area (Å²) in [5, 5.41) is 7.97. The minimum absolute atomic E-state index is 0.229. The second-order valence-electron chi connectivity index (χ2n) is 15.7. The molecule has 0 aliphatic heterocycles. The van der Waals surface area contributed by atoms with E-state index in [-0.39, 0.29) is 13.1 Å². The lowest BCUT2D eigenvalue weighted by Gasteiger charge is -2.20. The van der Waals surface area contributed by atoms with Crippen LogP contribution in [0.4, 0.5) is 0 Å². The van der Waals surface area contributed by atoms with Crippen LogP contribution in [0.5, 0.6) is 11.5 Å². The first-order chi connectivity index (χ1) is 29.9. The fraction of sp³-hybridized carbons (Fsp3) is 0.333. The van der Waals surface area contributed by atoms with Gasteiger partial charge in [-0.15, -0.1) is 0 Å². The van der Waals surface area contributed by atoms with Crippen LogP contribution in [0.3, 0.4) is 0 Å². The molecule has 0 saturated carbocycles. The quantitative estimate of drug-likeness (QED) is 0.0573. The van der Waals surface area contributed by atoms with Gasteiger partial charge in [0.05, 0.1) is 14.2 Å². The third-order valence-corrected chi connectivity index (χ3v) is 10.7. The van der Waals surface area contributed by atoms with Gasteiger partial charge in [-0.3, -0.25) is 9.59 Å². The smallest absolute Gasteiger partial charge is 0.418 e. The predicted molar refractivity (Wildman–Crippen MR) is 238 cm³/mol. The maximum Gasteiger partial charge on any atom is 0.418 e. The van der Waals surface area contributed by atoms with Gasteiger partial charge in [0, 0.05) is 71.5 Å². The monoisotopic (exact) mass is 844 g/mol. The summed E-state index contributed by atoms with van der Waals surface area (Å²) in [7, 11) is 11.2.